The minimum atomic E-state index is -0.655. The molecule has 2 heterocycles. The van der Waals surface area contributed by atoms with Crippen LogP contribution in [0, 0.1) is 5.92 Å². The highest BCUT2D eigenvalue weighted by molar-refractivity contribution is 6.01. The molecule has 0 spiro atoms. The minimum absolute atomic E-state index is 0.0423. The van der Waals surface area contributed by atoms with Gasteiger partial charge in [0.15, 0.2) is 5.78 Å². The van der Waals surface area contributed by atoms with Gasteiger partial charge in [-0.2, -0.15) is 5.06 Å². The Morgan fingerprint density at radius 3 is 2.62 bits per heavy atom. The molecular weight excluding hydrogens is 312 g/mol. The van der Waals surface area contributed by atoms with E-state index in [1.807, 2.05) is 13.8 Å². The summed E-state index contributed by atoms with van der Waals surface area (Å²) in [6.45, 7) is 5.37. The summed E-state index contributed by atoms with van der Waals surface area (Å²) in [4.78, 5) is 42.8. The summed E-state index contributed by atoms with van der Waals surface area (Å²) in [5.41, 5.74) is 4.71. The topological polar surface area (TPSA) is 99.6 Å². The monoisotopic (exact) mass is 338 g/mol. The summed E-state index contributed by atoms with van der Waals surface area (Å²) in [6.07, 6.45) is 2.94. The maximum Gasteiger partial charge on any atom is 0.332 e. The van der Waals surface area contributed by atoms with Gasteiger partial charge < -0.3 is 5.73 Å². The third-order valence-electron chi connectivity index (χ3n) is 4.06. The Morgan fingerprint density at radius 1 is 1.25 bits per heavy atom. The average Bonchev–Trinajstić information content (AvgIpc) is 2.78. The molecule has 0 amide bonds. The SMILES string of the molecule is CC(C)Cn1c(N)c(C(=O)CN2CCCCCO2)c(=O)n(C)c1=O. The largest absolute Gasteiger partial charge is 0.384 e. The Bertz CT molecular complexity index is 712. The van der Waals surface area contributed by atoms with Crippen LogP contribution in [0.3, 0.4) is 0 Å². The molecular formula is C16H26N4O4. The van der Waals surface area contributed by atoms with Crippen molar-refractivity contribution in [3.8, 4) is 0 Å². The van der Waals surface area contributed by atoms with Gasteiger partial charge in [0.05, 0.1) is 13.2 Å². The van der Waals surface area contributed by atoms with E-state index in [0.29, 0.717) is 19.7 Å². The van der Waals surface area contributed by atoms with E-state index in [9.17, 15) is 14.4 Å². The van der Waals surface area contributed by atoms with E-state index in [2.05, 4.69) is 0 Å². The zero-order valence-corrected chi connectivity index (χ0v) is 14.6. The van der Waals surface area contributed by atoms with E-state index in [4.69, 9.17) is 10.6 Å². The molecule has 1 aliphatic rings. The second-order valence-corrected chi connectivity index (χ2v) is 6.59. The highest BCUT2D eigenvalue weighted by Gasteiger charge is 2.24. The maximum absolute atomic E-state index is 12.6. The van der Waals surface area contributed by atoms with E-state index >= 15 is 0 Å². The van der Waals surface area contributed by atoms with E-state index in [0.717, 1.165) is 23.8 Å². The first-order valence-electron chi connectivity index (χ1n) is 8.33. The van der Waals surface area contributed by atoms with Crippen molar-refractivity contribution >= 4 is 11.6 Å². The van der Waals surface area contributed by atoms with Gasteiger partial charge in [-0.05, 0) is 25.2 Å². The fourth-order valence-electron chi connectivity index (χ4n) is 2.78. The van der Waals surface area contributed by atoms with Gasteiger partial charge in [0.25, 0.3) is 5.56 Å². The lowest BCUT2D eigenvalue weighted by Gasteiger charge is -2.20. The van der Waals surface area contributed by atoms with Crippen LogP contribution in [0.15, 0.2) is 9.59 Å². The molecule has 8 nitrogen and oxygen atoms in total. The van der Waals surface area contributed by atoms with Gasteiger partial charge in [-0.3, -0.25) is 23.6 Å². The summed E-state index contributed by atoms with van der Waals surface area (Å²) >= 11 is 0. The molecule has 1 saturated heterocycles. The molecule has 0 atom stereocenters. The fourth-order valence-corrected chi connectivity index (χ4v) is 2.78. The molecule has 1 aliphatic heterocycles. The van der Waals surface area contributed by atoms with Crippen molar-refractivity contribution in [1.29, 1.82) is 0 Å². The van der Waals surface area contributed by atoms with Gasteiger partial charge in [0.2, 0.25) is 0 Å². The van der Waals surface area contributed by atoms with Crippen LogP contribution >= 0.6 is 0 Å². The molecule has 24 heavy (non-hydrogen) atoms. The Morgan fingerprint density at radius 2 is 1.96 bits per heavy atom. The van der Waals surface area contributed by atoms with Gasteiger partial charge in [-0.1, -0.05) is 13.8 Å². The van der Waals surface area contributed by atoms with Gasteiger partial charge in [0, 0.05) is 20.1 Å². The lowest BCUT2D eigenvalue weighted by atomic mass is 10.1. The van der Waals surface area contributed by atoms with Crippen molar-refractivity contribution in [2.75, 3.05) is 25.4 Å². The predicted molar refractivity (Wildman–Crippen MR) is 90.9 cm³/mol. The zero-order chi connectivity index (χ0) is 17.9. The van der Waals surface area contributed by atoms with Crippen molar-refractivity contribution in [3.05, 3.63) is 26.4 Å². The Labute approximate surface area is 140 Å². The summed E-state index contributed by atoms with van der Waals surface area (Å²) in [6, 6.07) is 0. The standard InChI is InChI=1S/C16H26N4O4/c1-11(2)9-20-14(17)13(15(22)18(3)16(20)23)12(21)10-19-7-5-4-6-8-24-19/h11H,4-10,17H2,1-3H3. The first-order valence-corrected chi connectivity index (χ1v) is 8.33. The third kappa shape index (κ3) is 3.93. The molecule has 2 N–H and O–H groups in total. The number of rotatable bonds is 5. The number of nitrogens with zero attached hydrogens (tertiary/aromatic N) is 3. The van der Waals surface area contributed by atoms with E-state index in [1.165, 1.54) is 11.6 Å². The number of hydrogen-bond donors (Lipinski definition) is 1. The molecule has 0 bridgehead atoms. The molecule has 134 valence electrons. The molecule has 0 radical (unpaired) electrons. The number of Topliss-reactive ketones (excluding diaryl/α,β-unsaturated/α-hetero) is 1. The molecule has 1 aromatic rings. The third-order valence-corrected chi connectivity index (χ3v) is 4.06. The maximum atomic E-state index is 12.6. The molecule has 8 heteroatoms. The van der Waals surface area contributed by atoms with Crippen LogP contribution in [0.1, 0.15) is 43.5 Å². The molecule has 2 rings (SSSR count). The number of anilines is 1. The van der Waals surface area contributed by atoms with E-state index in [1.54, 1.807) is 5.06 Å². The smallest absolute Gasteiger partial charge is 0.332 e. The van der Waals surface area contributed by atoms with Gasteiger partial charge >= 0.3 is 5.69 Å². The number of ketones is 1. The highest BCUT2D eigenvalue weighted by atomic mass is 16.7. The zero-order valence-electron chi connectivity index (χ0n) is 14.6. The van der Waals surface area contributed by atoms with Crippen LogP contribution < -0.4 is 17.0 Å². The molecule has 1 fully saturated rings. The first-order chi connectivity index (χ1) is 11.3. The van der Waals surface area contributed by atoms with E-state index in [-0.39, 0.29) is 23.8 Å². The normalized spacial score (nSPS) is 16.3. The minimum Gasteiger partial charge on any atom is -0.384 e. The lowest BCUT2D eigenvalue weighted by Crippen LogP contribution is -2.44. The van der Waals surface area contributed by atoms with Crippen molar-refractivity contribution in [2.24, 2.45) is 13.0 Å². The second-order valence-electron chi connectivity index (χ2n) is 6.59. The average molecular weight is 338 g/mol. The number of nitrogens with two attached hydrogens (primary N) is 1. The number of carbonyl (C=O) groups excluding carboxylic acids is 1. The number of aromatic nitrogens is 2. The van der Waals surface area contributed by atoms with Crippen molar-refractivity contribution in [1.82, 2.24) is 14.2 Å². The van der Waals surface area contributed by atoms with Crippen LogP contribution in [0.4, 0.5) is 5.82 Å². The van der Waals surface area contributed by atoms with Crippen LogP contribution in [0.25, 0.3) is 0 Å². The van der Waals surface area contributed by atoms with E-state index < -0.39 is 17.0 Å². The molecule has 0 aliphatic carbocycles. The molecule has 0 unspecified atom stereocenters. The molecule has 1 aromatic heterocycles. The summed E-state index contributed by atoms with van der Waals surface area (Å²) in [7, 11) is 1.36. The van der Waals surface area contributed by atoms with Crippen molar-refractivity contribution < 1.29 is 9.63 Å². The van der Waals surface area contributed by atoms with Crippen LogP contribution in [0.5, 0.6) is 0 Å². The quantitative estimate of drug-likeness (QED) is 0.780. The molecule has 0 aromatic carbocycles. The Hall–Kier alpha value is -1.93. The molecule has 0 saturated carbocycles. The predicted octanol–water partition coefficient (Wildman–Crippen LogP) is 0.385. The lowest BCUT2D eigenvalue weighted by molar-refractivity contribution is -0.143. The number of nitrogen functional groups attached to an aromatic ring is 1. The van der Waals surface area contributed by atoms with Crippen molar-refractivity contribution in [3.63, 3.8) is 0 Å². The van der Waals surface area contributed by atoms with Crippen molar-refractivity contribution in [2.45, 2.75) is 39.7 Å². The number of hydroxylamine groups is 2. The number of hydrogen-bond acceptors (Lipinski definition) is 6. The van der Waals surface area contributed by atoms with Gasteiger partial charge in [-0.25, -0.2) is 4.79 Å². The van der Waals surface area contributed by atoms with Gasteiger partial charge in [0.1, 0.15) is 11.4 Å². The van der Waals surface area contributed by atoms with Crippen LogP contribution in [-0.2, 0) is 18.4 Å². The van der Waals surface area contributed by atoms with Crippen LogP contribution in [-0.4, -0.2) is 39.7 Å². The summed E-state index contributed by atoms with van der Waals surface area (Å²) in [5, 5.41) is 1.58. The summed E-state index contributed by atoms with van der Waals surface area (Å²) < 4.78 is 2.23. The fraction of sp³-hybridized carbons (Fsp3) is 0.688. The summed E-state index contributed by atoms with van der Waals surface area (Å²) in [5.74, 6) is -0.330. The second kappa shape index (κ2) is 7.76. The first kappa shape index (κ1) is 18.4. The van der Waals surface area contributed by atoms with Crippen LogP contribution in [0.2, 0.25) is 0 Å². The Balaban J connectivity index is 2.37. The van der Waals surface area contributed by atoms with Gasteiger partial charge in [-0.15, -0.1) is 0 Å². The number of carbonyl (C=O) groups is 1. The highest BCUT2D eigenvalue weighted by Crippen LogP contribution is 2.12. The Kier molecular flexibility index (Phi) is 5.95.